The average Bonchev–Trinajstić information content (AvgIpc) is 3.17. The van der Waals surface area contributed by atoms with Crippen LogP contribution in [-0.4, -0.2) is 33.8 Å². The molecule has 1 aromatic carbocycles. The van der Waals surface area contributed by atoms with Gasteiger partial charge >= 0.3 is 0 Å². The van der Waals surface area contributed by atoms with Gasteiger partial charge in [-0.15, -0.1) is 11.3 Å². The summed E-state index contributed by atoms with van der Waals surface area (Å²) in [5.74, 6) is 0.710. The number of carbonyl (C=O) groups excluding carboxylic acids is 1. The van der Waals surface area contributed by atoms with Crippen LogP contribution in [0.15, 0.2) is 28.8 Å². The number of hydrogen-bond donors (Lipinski definition) is 2. The Morgan fingerprint density at radius 3 is 3.08 bits per heavy atom. The van der Waals surface area contributed by atoms with Crippen LogP contribution >= 0.6 is 11.3 Å². The van der Waals surface area contributed by atoms with E-state index in [4.69, 9.17) is 14.4 Å². The average molecular weight is 347 g/mol. The smallest absolute Gasteiger partial charge is 0.273 e. The zero-order chi connectivity index (χ0) is 17.1. The minimum absolute atomic E-state index is 0.141. The van der Waals surface area contributed by atoms with E-state index in [2.05, 4.69) is 15.5 Å². The number of aromatic nitrogens is 2. The van der Waals surface area contributed by atoms with Crippen molar-refractivity contribution in [2.45, 2.75) is 26.5 Å². The number of benzene rings is 1. The highest BCUT2D eigenvalue weighted by atomic mass is 32.1. The lowest BCUT2D eigenvalue weighted by Crippen LogP contribution is -2.35. The minimum Gasteiger partial charge on any atom is -0.485 e. The van der Waals surface area contributed by atoms with Gasteiger partial charge in [0.05, 0.1) is 21.8 Å². The van der Waals surface area contributed by atoms with Gasteiger partial charge in [-0.2, -0.15) is 0 Å². The number of hydrogen-bond acceptors (Lipinski definition) is 7. The Labute approximate surface area is 142 Å². The summed E-state index contributed by atoms with van der Waals surface area (Å²) in [6, 6.07) is 6.87. The predicted molar refractivity (Wildman–Crippen MR) is 89.2 cm³/mol. The molecule has 0 radical (unpaired) electrons. The highest BCUT2D eigenvalue weighted by molar-refractivity contribution is 7.18. The zero-order valence-corrected chi connectivity index (χ0v) is 14.1. The van der Waals surface area contributed by atoms with E-state index in [-0.39, 0.29) is 24.9 Å². The van der Waals surface area contributed by atoms with E-state index in [0.29, 0.717) is 11.5 Å². The molecule has 0 aliphatic carbocycles. The molecular weight excluding hydrogens is 330 g/mol. The fourth-order valence-corrected chi connectivity index (χ4v) is 2.91. The van der Waals surface area contributed by atoms with E-state index in [0.717, 1.165) is 15.2 Å². The molecule has 1 amide bonds. The Morgan fingerprint density at radius 1 is 1.46 bits per heavy atom. The van der Waals surface area contributed by atoms with Gasteiger partial charge in [-0.25, -0.2) is 4.98 Å². The van der Waals surface area contributed by atoms with Crippen LogP contribution in [0.25, 0.3) is 10.2 Å². The van der Waals surface area contributed by atoms with Crippen LogP contribution in [0.2, 0.25) is 0 Å². The summed E-state index contributed by atoms with van der Waals surface area (Å²) in [5.41, 5.74) is 1.05. The molecule has 3 rings (SSSR count). The predicted octanol–water partition coefficient (Wildman–Crippen LogP) is 2.28. The number of aryl methyl sites for hydroxylation is 1. The fraction of sp³-hybridized carbons (Fsp3) is 0.312. The summed E-state index contributed by atoms with van der Waals surface area (Å²) in [4.78, 5) is 16.3. The normalized spacial score (nSPS) is 12.3. The molecule has 0 spiro atoms. The molecule has 0 saturated heterocycles. The van der Waals surface area contributed by atoms with Gasteiger partial charge in [-0.3, -0.25) is 4.79 Å². The molecule has 0 saturated carbocycles. The van der Waals surface area contributed by atoms with Crippen molar-refractivity contribution in [3.05, 3.63) is 40.7 Å². The third-order valence-corrected chi connectivity index (χ3v) is 4.24. The maximum atomic E-state index is 11.9. The number of aliphatic hydroxyl groups excluding tert-OH is 1. The second kappa shape index (κ2) is 6.98. The van der Waals surface area contributed by atoms with Crippen LogP contribution in [0, 0.1) is 6.92 Å². The van der Waals surface area contributed by atoms with Crippen LogP contribution < -0.4 is 10.1 Å². The molecule has 7 nitrogen and oxygen atoms in total. The lowest BCUT2D eigenvalue weighted by molar-refractivity contribution is 0.0913. The van der Waals surface area contributed by atoms with Crippen molar-refractivity contribution in [1.29, 1.82) is 0 Å². The second-order valence-electron chi connectivity index (χ2n) is 5.39. The number of thiazole rings is 1. The van der Waals surface area contributed by atoms with E-state index in [1.54, 1.807) is 18.3 Å². The molecule has 0 aliphatic rings. The zero-order valence-electron chi connectivity index (χ0n) is 13.3. The maximum absolute atomic E-state index is 11.9. The van der Waals surface area contributed by atoms with Gasteiger partial charge in [0.15, 0.2) is 11.5 Å². The molecule has 0 bridgehead atoms. The second-order valence-corrected chi connectivity index (χ2v) is 6.62. The van der Waals surface area contributed by atoms with Crippen LogP contribution in [0.3, 0.4) is 0 Å². The van der Waals surface area contributed by atoms with Crippen LogP contribution in [0.1, 0.15) is 28.2 Å². The van der Waals surface area contributed by atoms with Gasteiger partial charge in [0.25, 0.3) is 5.91 Å². The third-order valence-electron chi connectivity index (χ3n) is 3.29. The molecule has 2 aromatic heterocycles. The minimum atomic E-state index is -0.397. The summed E-state index contributed by atoms with van der Waals surface area (Å²) < 4.78 is 11.9. The number of amides is 1. The Balaban J connectivity index is 1.62. The van der Waals surface area contributed by atoms with Crippen molar-refractivity contribution < 1.29 is 19.2 Å². The molecule has 2 heterocycles. The van der Waals surface area contributed by atoms with Crippen molar-refractivity contribution in [1.82, 2.24) is 15.5 Å². The summed E-state index contributed by atoms with van der Waals surface area (Å²) in [6.07, 6.45) is 0. The van der Waals surface area contributed by atoms with Gasteiger partial charge in [-0.1, -0.05) is 5.16 Å². The van der Waals surface area contributed by atoms with E-state index < -0.39 is 5.91 Å². The Morgan fingerprint density at radius 2 is 2.29 bits per heavy atom. The lowest BCUT2D eigenvalue weighted by Gasteiger charge is -2.07. The number of nitrogens with one attached hydrogen (secondary N) is 1. The molecule has 1 atom stereocenters. The van der Waals surface area contributed by atoms with Crippen LogP contribution in [-0.2, 0) is 6.61 Å². The monoisotopic (exact) mass is 347 g/mol. The number of rotatable bonds is 6. The Bertz CT molecular complexity index is 858. The van der Waals surface area contributed by atoms with Gasteiger partial charge in [0, 0.05) is 18.2 Å². The van der Waals surface area contributed by atoms with Gasteiger partial charge in [-0.05, 0) is 26.0 Å². The standard InChI is InChI=1S/C16H17N3O4S/c1-9(7-20)17-16(21)14-6-12(23-19-14)8-22-11-3-4-15-13(5-11)18-10(2)24-15/h3-6,9,20H,7-8H2,1-2H3,(H,17,21). The Hall–Kier alpha value is -2.45. The summed E-state index contributed by atoms with van der Waals surface area (Å²) in [5, 5.41) is 16.3. The van der Waals surface area contributed by atoms with Gasteiger partial charge < -0.3 is 19.7 Å². The topological polar surface area (TPSA) is 97.5 Å². The van der Waals surface area contributed by atoms with E-state index >= 15 is 0 Å². The highest BCUT2D eigenvalue weighted by Gasteiger charge is 2.15. The SMILES string of the molecule is Cc1nc2cc(OCc3cc(C(=O)NC(C)CO)no3)ccc2s1. The summed E-state index contributed by atoms with van der Waals surface area (Å²) in [7, 11) is 0. The third kappa shape index (κ3) is 3.72. The summed E-state index contributed by atoms with van der Waals surface area (Å²) in [6.45, 7) is 3.67. The number of aliphatic hydroxyl groups is 1. The highest BCUT2D eigenvalue weighted by Crippen LogP contribution is 2.26. The molecule has 2 N–H and O–H groups in total. The van der Waals surface area contributed by atoms with Crippen LogP contribution in [0.5, 0.6) is 5.75 Å². The van der Waals surface area contributed by atoms with Gasteiger partial charge in [0.2, 0.25) is 0 Å². The first-order chi connectivity index (χ1) is 11.5. The molecule has 0 aliphatic heterocycles. The summed E-state index contributed by atoms with van der Waals surface area (Å²) >= 11 is 1.63. The molecule has 1 unspecified atom stereocenters. The van der Waals surface area contributed by atoms with E-state index in [1.165, 1.54) is 6.07 Å². The molecule has 3 aromatic rings. The van der Waals surface area contributed by atoms with Crippen molar-refractivity contribution in [3.63, 3.8) is 0 Å². The van der Waals surface area contributed by atoms with Crippen molar-refractivity contribution in [2.24, 2.45) is 0 Å². The first kappa shape index (κ1) is 16.4. The molecule has 0 fully saturated rings. The number of ether oxygens (including phenoxy) is 1. The molecule has 8 heteroatoms. The largest absolute Gasteiger partial charge is 0.485 e. The number of fused-ring (bicyclic) bond motifs is 1. The van der Waals surface area contributed by atoms with Crippen molar-refractivity contribution >= 4 is 27.5 Å². The van der Waals surface area contributed by atoms with Crippen molar-refractivity contribution in [2.75, 3.05) is 6.61 Å². The van der Waals surface area contributed by atoms with E-state index in [1.807, 2.05) is 25.1 Å². The maximum Gasteiger partial charge on any atom is 0.273 e. The van der Waals surface area contributed by atoms with E-state index in [9.17, 15) is 4.79 Å². The molecule has 24 heavy (non-hydrogen) atoms. The van der Waals surface area contributed by atoms with Crippen molar-refractivity contribution in [3.8, 4) is 5.75 Å². The lowest BCUT2D eigenvalue weighted by atomic mass is 10.3. The molecular formula is C16H17N3O4S. The fourth-order valence-electron chi connectivity index (χ4n) is 2.10. The van der Waals surface area contributed by atoms with Crippen LogP contribution in [0.4, 0.5) is 0 Å². The Kier molecular flexibility index (Phi) is 4.77. The number of nitrogens with zero attached hydrogens (tertiary/aromatic N) is 2. The first-order valence-electron chi connectivity index (χ1n) is 7.42. The molecule has 126 valence electrons. The number of carbonyl (C=O) groups is 1. The first-order valence-corrected chi connectivity index (χ1v) is 8.24. The van der Waals surface area contributed by atoms with Gasteiger partial charge in [0.1, 0.15) is 12.4 Å². The quantitative estimate of drug-likeness (QED) is 0.710.